The van der Waals surface area contributed by atoms with Gasteiger partial charge in [0.25, 0.3) is 11.8 Å². The number of carbonyl (C=O) groups is 2. The molecule has 2 aliphatic rings. The maximum absolute atomic E-state index is 12.4. The number of hydrogen-bond acceptors (Lipinski definition) is 5. The average molecular weight is 340 g/mol. The Bertz CT molecular complexity index is 865. The minimum atomic E-state index is -0.230. The Hall–Kier alpha value is -3.22. The second-order valence-electron chi connectivity index (χ2n) is 5.79. The number of nitrogens with zero attached hydrogens (tertiary/aromatic N) is 1. The van der Waals surface area contributed by atoms with Gasteiger partial charge in [-0.3, -0.25) is 9.59 Å². The summed E-state index contributed by atoms with van der Waals surface area (Å²) in [6.07, 6.45) is 0. The molecule has 0 aliphatic carbocycles. The highest BCUT2D eigenvalue weighted by molar-refractivity contribution is 6.00. The highest BCUT2D eigenvalue weighted by Gasteiger charge is 2.23. The summed E-state index contributed by atoms with van der Waals surface area (Å²) in [5.41, 5.74) is 1.96. The van der Waals surface area contributed by atoms with Crippen LogP contribution in [0.5, 0.6) is 17.2 Å². The van der Waals surface area contributed by atoms with E-state index in [1.807, 2.05) is 18.2 Å². The van der Waals surface area contributed by atoms with Gasteiger partial charge >= 0.3 is 0 Å². The lowest BCUT2D eigenvalue weighted by atomic mass is 10.1. The van der Waals surface area contributed by atoms with Gasteiger partial charge in [-0.15, -0.1) is 0 Å². The van der Waals surface area contributed by atoms with Crippen LogP contribution in [0.15, 0.2) is 36.4 Å². The van der Waals surface area contributed by atoms with Crippen molar-refractivity contribution >= 4 is 17.5 Å². The van der Waals surface area contributed by atoms with Crippen molar-refractivity contribution < 1.29 is 23.8 Å². The van der Waals surface area contributed by atoms with Gasteiger partial charge in [-0.1, -0.05) is 6.07 Å². The lowest BCUT2D eigenvalue weighted by molar-refractivity contribution is -0.120. The quantitative estimate of drug-likeness (QED) is 0.920. The zero-order valence-corrected chi connectivity index (χ0v) is 13.6. The number of nitrogens with one attached hydrogen (secondary N) is 1. The summed E-state index contributed by atoms with van der Waals surface area (Å²) in [6, 6.07) is 10.6. The van der Waals surface area contributed by atoms with Gasteiger partial charge in [0.15, 0.2) is 18.1 Å². The number of benzene rings is 2. The maximum Gasteiger partial charge on any atom is 0.264 e. The number of rotatable bonds is 3. The Morgan fingerprint density at radius 2 is 1.88 bits per heavy atom. The molecule has 0 bridgehead atoms. The Morgan fingerprint density at radius 3 is 2.76 bits per heavy atom. The van der Waals surface area contributed by atoms with Crippen molar-refractivity contribution in [1.82, 2.24) is 5.32 Å². The van der Waals surface area contributed by atoms with Crippen molar-refractivity contribution in [1.29, 1.82) is 0 Å². The van der Waals surface area contributed by atoms with Crippen LogP contribution in [0.3, 0.4) is 0 Å². The van der Waals surface area contributed by atoms with Crippen molar-refractivity contribution in [2.75, 3.05) is 25.3 Å². The Balaban J connectivity index is 1.47. The molecular formula is C18H16N2O5. The molecular weight excluding hydrogens is 324 g/mol. The van der Waals surface area contributed by atoms with Gasteiger partial charge in [-0.2, -0.15) is 0 Å². The lowest BCUT2D eigenvalue weighted by Crippen LogP contribution is -2.35. The minimum Gasteiger partial charge on any atom is -0.482 e. The fourth-order valence-corrected chi connectivity index (χ4v) is 2.75. The molecule has 2 aliphatic heterocycles. The van der Waals surface area contributed by atoms with E-state index in [0.717, 1.165) is 5.56 Å². The first-order valence-corrected chi connectivity index (χ1v) is 7.82. The number of ether oxygens (including phenoxy) is 3. The van der Waals surface area contributed by atoms with Gasteiger partial charge in [-0.25, -0.2) is 0 Å². The first-order valence-electron chi connectivity index (χ1n) is 7.82. The molecule has 0 fully saturated rings. The summed E-state index contributed by atoms with van der Waals surface area (Å²) in [5, 5.41) is 2.86. The second-order valence-corrected chi connectivity index (χ2v) is 5.79. The van der Waals surface area contributed by atoms with Gasteiger partial charge in [0.1, 0.15) is 5.75 Å². The van der Waals surface area contributed by atoms with Crippen LogP contribution in [0.2, 0.25) is 0 Å². The average Bonchev–Trinajstić information content (AvgIpc) is 3.10. The Kier molecular flexibility index (Phi) is 3.68. The van der Waals surface area contributed by atoms with E-state index in [4.69, 9.17) is 14.2 Å². The van der Waals surface area contributed by atoms with Crippen molar-refractivity contribution in [2.24, 2.45) is 0 Å². The summed E-state index contributed by atoms with van der Waals surface area (Å²) < 4.78 is 16.0. The number of fused-ring (bicyclic) bond motifs is 2. The first-order chi connectivity index (χ1) is 12.1. The SMILES string of the molecule is CN1C(=O)COc2ccc(C(=O)NCc3ccc4c(c3)OCO4)cc21. The fraction of sp³-hybridized carbons (Fsp3) is 0.222. The molecule has 0 unspecified atom stereocenters. The van der Waals surface area contributed by atoms with E-state index >= 15 is 0 Å². The van der Waals surface area contributed by atoms with Crippen LogP contribution in [0.4, 0.5) is 5.69 Å². The van der Waals surface area contributed by atoms with E-state index in [0.29, 0.717) is 35.0 Å². The molecule has 128 valence electrons. The number of hydrogen-bond donors (Lipinski definition) is 1. The predicted molar refractivity (Wildman–Crippen MR) is 89.1 cm³/mol. The molecule has 2 amide bonds. The topological polar surface area (TPSA) is 77.1 Å². The van der Waals surface area contributed by atoms with Crippen molar-refractivity contribution in [2.45, 2.75) is 6.54 Å². The molecule has 1 N–H and O–H groups in total. The monoisotopic (exact) mass is 340 g/mol. The zero-order chi connectivity index (χ0) is 17.4. The maximum atomic E-state index is 12.4. The van der Waals surface area contributed by atoms with Crippen molar-refractivity contribution in [3.63, 3.8) is 0 Å². The molecule has 25 heavy (non-hydrogen) atoms. The van der Waals surface area contributed by atoms with Crippen LogP contribution in [-0.4, -0.2) is 32.3 Å². The van der Waals surface area contributed by atoms with Crippen molar-refractivity contribution in [3.05, 3.63) is 47.5 Å². The summed E-state index contributed by atoms with van der Waals surface area (Å²) in [5.74, 6) is 1.60. The van der Waals surface area contributed by atoms with Crippen LogP contribution < -0.4 is 24.4 Å². The second kappa shape index (κ2) is 6.01. The molecule has 0 radical (unpaired) electrons. The van der Waals surface area contributed by atoms with E-state index < -0.39 is 0 Å². The molecule has 0 atom stereocenters. The van der Waals surface area contributed by atoms with Gasteiger partial charge in [0, 0.05) is 19.2 Å². The van der Waals surface area contributed by atoms with E-state index in [2.05, 4.69) is 5.32 Å². The van der Waals surface area contributed by atoms with Gasteiger partial charge in [0.05, 0.1) is 5.69 Å². The molecule has 0 saturated heterocycles. The van der Waals surface area contributed by atoms with Crippen LogP contribution in [0, 0.1) is 0 Å². The number of amides is 2. The van der Waals surface area contributed by atoms with E-state index in [9.17, 15) is 9.59 Å². The van der Waals surface area contributed by atoms with Gasteiger partial charge < -0.3 is 24.4 Å². The van der Waals surface area contributed by atoms with Crippen LogP contribution in [0.25, 0.3) is 0 Å². The molecule has 7 heteroatoms. The van der Waals surface area contributed by atoms with Crippen LogP contribution in [-0.2, 0) is 11.3 Å². The Morgan fingerprint density at radius 1 is 1.08 bits per heavy atom. The largest absolute Gasteiger partial charge is 0.482 e. The number of carbonyl (C=O) groups excluding carboxylic acids is 2. The van der Waals surface area contributed by atoms with Crippen LogP contribution >= 0.6 is 0 Å². The molecule has 0 aromatic heterocycles. The summed E-state index contributed by atoms with van der Waals surface area (Å²) in [7, 11) is 1.66. The van der Waals surface area contributed by atoms with Crippen LogP contribution in [0.1, 0.15) is 15.9 Å². The molecule has 2 aromatic carbocycles. The number of likely N-dealkylation sites (N-methyl/N-ethyl adjacent to an activating group) is 1. The van der Waals surface area contributed by atoms with E-state index in [-0.39, 0.29) is 25.2 Å². The smallest absolute Gasteiger partial charge is 0.264 e. The summed E-state index contributed by atoms with van der Waals surface area (Å²) in [6.45, 7) is 0.589. The normalized spacial score (nSPS) is 14.8. The van der Waals surface area contributed by atoms with E-state index in [1.165, 1.54) is 4.90 Å². The van der Waals surface area contributed by atoms with E-state index in [1.54, 1.807) is 25.2 Å². The Labute approximate surface area is 144 Å². The molecule has 4 rings (SSSR count). The standard InChI is InChI=1S/C18H16N2O5/c1-20-13-7-12(3-5-14(13)23-9-17(20)21)18(22)19-8-11-2-4-15-16(6-11)25-10-24-15/h2-7H,8-10H2,1H3,(H,19,22). The molecule has 2 heterocycles. The highest BCUT2D eigenvalue weighted by atomic mass is 16.7. The zero-order valence-electron chi connectivity index (χ0n) is 13.6. The third-order valence-electron chi connectivity index (χ3n) is 4.20. The number of anilines is 1. The molecule has 0 spiro atoms. The molecule has 0 saturated carbocycles. The third kappa shape index (κ3) is 2.84. The van der Waals surface area contributed by atoms with Gasteiger partial charge in [0.2, 0.25) is 6.79 Å². The summed E-state index contributed by atoms with van der Waals surface area (Å²) >= 11 is 0. The minimum absolute atomic E-state index is 0.0131. The van der Waals surface area contributed by atoms with Gasteiger partial charge in [-0.05, 0) is 35.9 Å². The third-order valence-corrected chi connectivity index (χ3v) is 4.20. The highest BCUT2D eigenvalue weighted by Crippen LogP contribution is 2.33. The molecule has 7 nitrogen and oxygen atoms in total. The predicted octanol–water partition coefficient (Wildman–Crippen LogP) is 1.70. The van der Waals surface area contributed by atoms with Crippen molar-refractivity contribution in [3.8, 4) is 17.2 Å². The fourth-order valence-electron chi connectivity index (χ4n) is 2.75. The molecule has 2 aromatic rings. The lowest BCUT2D eigenvalue weighted by Gasteiger charge is -2.26. The first kappa shape index (κ1) is 15.3. The summed E-state index contributed by atoms with van der Waals surface area (Å²) in [4.78, 5) is 25.6.